The fraction of sp³-hybridized carbons (Fsp3) is 0.517. The molecule has 2 aromatic rings. The number of carbonyl (C=O) groups is 2. The summed E-state index contributed by atoms with van der Waals surface area (Å²) in [6.07, 6.45) is 5.52. The zero-order valence-corrected chi connectivity index (χ0v) is 23.3. The summed E-state index contributed by atoms with van der Waals surface area (Å²) < 4.78 is 6.73. The molecule has 0 aromatic heterocycles. The lowest BCUT2D eigenvalue weighted by Gasteiger charge is -2.31. The Labute approximate surface area is 218 Å². The van der Waals surface area contributed by atoms with Gasteiger partial charge in [-0.2, -0.15) is 0 Å². The molecular weight excluding hydrogens is 504 g/mol. The first kappa shape index (κ1) is 27.3. The number of amides is 2. The molecule has 1 saturated carbocycles. The molecule has 1 aliphatic rings. The van der Waals surface area contributed by atoms with Crippen LogP contribution in [-0.2, 0) is 21.5 Å². The van der Waals surface area contributed by atoms with Crippen molar-refractivity contribution in [1.82, 2.24) is 10.2 Å². The molecule has 5 nitrogen and oxygen atoms in total. The smallest absolute Gasteiger partial charge is 0.261 e. The van der Waals surface area contributed by atoms with Gasteiger partial charge < -0.3 is 15.0 Å². The molecule has 6 heteroatoms. The molecule has 0 saturated heterocycles. The summed E-state index contributed by atoms with van der Waals surface area (Å²) in [7, 11) is 0. The van der Waals surface area contributed by atoms with E-state index in [1.165, 1.54) is 12.0 Å². The molecular formula is C29H39BrN2O3. The highest BCUT2D eigenvalue weighted by atomic mass is 79.9. The van der Waals surface area contributed by atoms with Crippen molar-refractivity contribution in [3.8, 4) is 5.75 Å². The van der Waals surface area contributed by atoms with Gasteiger partial charge in [-0.15, -0.1) is 0 Å². The summed E-state index contributed by atoms with van der Waals surface area (Å²) in [5.41, 5.74) is 3.33. The van der Waals surface area contributed by atoms with E-state index in [4.69, 9.17) is 4.74 Å². The molecule has 1 fully saturated rings. The van der Waals surface area contributed by atoms with Gasteiger partial charge in [0.05, 0.1) is 4.47 Å². The Morgan fingerprint density at radius 1 is 1.09 bits per heavy atom. The quantitative estimate of drug-likeness (QED) is 0.425. The molecule has 0 spiro atoms. The van der Waals surface area contributed by atoms with E-state index in [9.17, 15) is 9.59 Å². The molecule has 1 N–H and O–H groups in total. The highest BCUT2D eigenvalue weighted by Gasteiger charge is 2.28. The fourth-order valence-electron chi connectivity index (χ4n) is 4.35. The van der Waals surface area contributed by atoms with E-state index in [0.717, 1.165) is 41.3 Å². The van der Waals surface area contributed by atoms with Crippen molar-refractivity contribution in [1.29, 1.82) is 0 Å². The molecule has 190 valence electrons. The van der Waals surface area contributed by atoms with Crippen LogP contribution in [-0.4, -0.2) is 35.4 Å². The maximum Gasteiger partial charge on any atom is 0.261 e. The average molecular weight is 544 g/mol. The van der Waals surface area contributed by atoms with Gasteiger partial charge in [0.15, 0.2) is 6.61 Å². The van der Waals surface area contributed by atoms with Crippen molar-refractivity contribution >= 4 is 27.7 Å². The largest absolute Gasteiger partial charge is 0.483 e. The van der Waals surface area contributed by atoms with Crippen LogP contribution < -0.4 is 10.1 Å². The van der Waals surface area contributed by atoms with E-state index in [0.29, 0.717) is 12.3 Å². The Hall–Kier alpha value is -2.34. The number of ether oxygens (including phenoxy) is 1. The molecule has 2 aromatic carbocycles. The van der Waals surface area contributed by atoms with Gasteiger partial charge in [-0.25, -0.2) is 0 Å². The second kappa shape index (κ2) is 12.1. The lowest BCUT2D eigenvalue weighted by molar-refractivity contribution is -0.142. The van der Waals surface area contributed by atoms with Crippen LogP contribution in [0.1, 0.15) is 76.5 Å². The highest BCUT2D eigenvalue weighted by Crippen LogP contribution is 2.31. The van der Waals surface area contributed by atoms with E-state index in [1.807, 2.05) is 49.4 Å². The summed E-state index contributed by atoms with van der Waals surface area (Å²) in [5.74, 6) is 0.290. The third kappa shape index (κ3) is 7.83. The summed E-state index contributed by atoms with van der Waals surface area (Å²) in [4.78, 5) is 28.1. The summed E-state index contributed by atoms with van der Waals surface area (Å²) >= 11 is 3.58. The Morgan fingerprint density at radius 3 is 2.34 bits per heavy atom. The van der Waals surface area contributed by atoms with Crippen molar-refractivity contribution in [2.45, 2.75) is 90.8 Å². The molecule has 0 bridgehead atoms. The predicted molar refractivity (Wildman–Crippen MR) is 145 cm³/mol. The van der Waals surface area contributed by atoms with E-state index in [1.54, 1.807) is 11.8 Å². The maximum atomic E-state index is 13.4. The van der Waals surface area contributed by atoms with Crippen molar-refractivity contribution in [3.05, 3.63) is 63.6 Å². The van der Waals surface area contributed by atoms with Crippen LogP contribution in [0.4, 0.5) is 0 Å². The Bertz CT molecular complexity index is 1010. The number of hydrogen-bond acceptors (Lipinski definition) is 3. The first-order chi connectivity index (χ1) is 16.5. The minimum atomic E-state index is -0.596. The molecule has 0 aliphatic heterocycles. The lowest BCUT2D eigenvalue weighted by atomic mass is 9.87. The number of halogens is 1. The number of hydrogen-bond donors (Lipinski definition) is 1. The van der Waals surface area contributed by atoms with Crippen molar-refractivity contribution in [3.63, 3.8) is 0 Å². The summed E-state index contributed by atoms with van der Waals surface area (Å²) in [6, 6.07) is 13.6. The monoisotopic (exact) mass is 542 g/mol. The second-order valence-corrected chi connectivity index (χ2v) is 11.6. The van der Waals surface area contributed by atoms with Crippen LogP contribution in [0.5, 0.6) is 5.75 Å². The third-order valence-corrected chi connectivity index (χ3v) is 7.36. The number of rotatable bonds is 8. The fourth-order valence-corrected chi connectivity index (χ4v) is 4.84. The maximum absolute atomic E-state index is 13.4. The highest BCUT2D eigenvalue weighted by molar-refractivity contribution is 9.10. The van der Waals surface area contributed by atoms with Crippen LogP contribution in [0.3, 0.4) is 0 Å². The number of nitrogens with zero attached hydrogens (tertiary/aromatic N) is 1. The van der Waals surface area contributed by atoms with Gasteiger partial charge in [-0.1, -0.05) is 75.9 Å². The minimum absolute atomic E-state index is 0.0167. The van der Waals surface area contributed by atoms with Gasteiger partial charge in [0.1, 0.15) is 11.8 Å². The van der Waals surface area contributed by atoms with Gasteiger partial charge >= 0.3 is 0 Å². The van der Waals surface area contributed by atoms with E-state index in [2.05, 4.69) is 42.0 Å². The van der Waals surface area contributed by atoms with Gasteiger partial charge in [-0.05, 0) is 71.3 Å². The second-order valence-electron chi connectivity index (χ2n) is 10.7. The first-order valence-corrected chi connectivity index (χ1v) is 13.4. The Morgan fingerprint density at radius 2 is 1.74 bits per heavy atom. The molecule has 35 heavy (non-hydrogen) atoms. The summed E-state index contributed by atoms with van der Waals surface area (Å²) in [5, 5.41) is 3.17. The van der Waals surface area contributed by atoms with E-state index in [-0.39, 0.29) is 29.9 Å². The molecule has 0 unspecified atom stereocenters. The molecule has 2 amide bonds. The predicted octanol–water partition coefficient (Wildman–Crippen LogP) is 6.30. The minimum Gasteiger partial charge on any atom is -0.483 e. The SMILES string of the molecule is Cc1ccc(CN(C(=O)COc2ccc(C(C)(C)C)cc2Br)[C@H](C)C(=O)NC2CCCCC2)cc1. The number of carbonyl (C=O) groups excluding carboxylic acids is 2. The Kier molecular flexibility index (Phi) is 9.40. The normalized spacial score (nSPS) is 15.4. The topological polar surface area (TPSA) is 58.6 Å². The Balaban J connectivity index is 1.72. The van der Waals surface area contributed by atoms with Crippen molar-refractivity contribution in [2.24, 2.45) is 0 Å². The average Bonchev–Trinajstić information content (AvgIpc) is 2.82. The molecule has 0 radical (unpaired) electrons. The zero-order valence-electron chi connectivity index (χ0n) is 21.7. The lowest BCUT2D eigenvalue weighted by Crippen LogP contribution is -2.51. The molecule has 1 aliphatic carbocycles. The van der Waals surface area contributed by atoms with Crippen LogP contribution in [0.2, 0.25) is 0 Å². The zero-order chi connectivity index (χ0) is 25.6. The van der Waals surface area contributed by atoms with Gasteiger partial charge in [0, 0.05) is 12.6 Å². The van der Waals surface area contributed by atoms with Gasteiger partial charge in [0.2, 0.25) is 5.91 Å². The van der Waals surface area contributed by atoms with Gasteiger partial charge in [0.25, 0.3) is 5.91 Å². The van der Waals surface area contributed by atoms with Crippen LogP contribution in [0, 0.1) is 6.92 Å². The molecule has 1 atom stereocenters. The number of nitrogens with one attached hydrogen (secondary N) is 1. The van der Waals surface area contributed by atoms with Crippen LogP contribution >= 0.6 is 15.9 Å². The van der Waals surface area contributed by atoms with Crippen LogP contribution in [0.25, 0.3) is 0 Å². The summed E-state index contributed by atoms with van der Waals surface area (Å²) in [6.45, 7) is 10.5. The number of benzene rings is 2. The van der Waals surface area contributed by atoms with E-state index >= 15 is 0 Å². The first-order valence-electron chi connectivity index (χ1n) is 12.6. The molecule has 3 rings (SSSR count). The number of aryl methyl sites for hydroxylation is 1. The molecule has 0 heterocycles. The van der Waals surface area contributed by atoms with Gasteiger partial charge in [-0.3, -0.25) is 9.59 Å². The van der Waals surface area contributed by atoms with Crippen molar-refractivity contribution in [2.75, 3.05) is 6.61 Å². The third-order valence-electron chi connectivity index (χ3n) is 6.74. The van der Waals surface area contributed by atoms with Crippen LogP contribution in [0.15, 0.2) is 46.9 Å². The van der Waals surface area contributed by atoms with E-state index < -0.39 is 6.04 Å². The van der Waals surface area contributed by atoms with Crippen molar-refractivity contribution < 1.29 is 14.3 Å². The standard InChI is InChI=1S/C29H39BrN2O3/c1-20-11-13-22(14-12-20)18-32(21(2)28(34)31-24-9-7-6-8-10-24)27(33)19-35-26-16-15-23(17-25(26)30)29(3,4)5/h11-17,21,24H,6-10,18-19H2,1-5H3,(H,31,34)/t21-/m1/s1.